The van der Waals surface area contributed by atoms with Crippen LogP contribution in [0.15, 0.2) is 29.0 Å². The minimum atomic E-state index is -0.537. The molecule has 1 aliphatic heterocycles. The molecule has 22 heavy (non-hydrogen) atoms. The minimum Gasteiger partial charge on any atom is -0.467 e. The summed E-state index contributed by atoms with van der Waals surface area (Å²) in [6, 6.07) is 4.03. The zero-order valence-electron chi connectivity index (χ0n) is 13.1. The van der Waals surface area contributed by atoms with Gasteiger partial charge in [-0.15, -0.1) is 5.10 Å². The summed E-state index contributed by atoms with van der Waals surface area (Å²) in [4.78, 5) is 2.46. The summed E-state index contributed by atoms with van der Waals surface area (Å²) in [5.74, 6) is 0.659. The van der Waals surface area contributed by atoms with E-state index in [-0.39, 0.29) is 0 Å². The van der Waals surface area contributed by atoms with E-state index in [1.165, 1.54) is 19.3 Å². The fraction of sp³-hybridized carbons (Fsp3) is 0.625. The van der Waals surface area contributed by atoms with Crippen molar-refractivity contribution in [2.45, 2.75) is 50.8 Å². The van der Waals surface area contributed by atoms with Crippen LogP contribution in [0.5, 0.6) is 0 Å². The zero-order valence-corrected chi connectivity index (χ0v) is 13.1. The van der Waals surface area contributed by atoms with Crippen LogP contribution in [0.2, 0.25) is 0 Å². The first kappa shape index (κ1) is 15.2. The second-order valence-electron chi connectivity index (χ2n) is 6.09. The van der Waals surface area contributed by atoms with Gasteiger partial charge in [0, 0.05) is 19.6 Å². The molecule has 2 aromatic heterocycles. The second kappa shape index (κ2) is 7.07. The highest BCUT2D eigenvalue weighted by Gasteiger charge is 2.26. The normalized spacial score (nSPS) is 21.6. The van der Waals surface area contributed by atoms with Gasteiger partial charge in [0.15, 0.2) is 0 Å². The molecule has 0 amide bonds. The van der Waals surface area contributed by atoms with Crippen LogP contribution in [-0.2, 0) is 13.6 Å². The van der Waals surface area contributed by atoms with Crippen molar-refractivity contribution in [3.8, 4) is 0 Å². The van der Waals surface area contributed by atoms with Gasteiger partial charge in [-0.1, -0.05) is 18.1 Å². The molecule has 0 aromatic carbocycles. The fourth-order valence-electron chi connectivity index (χ4n) is 3.23. The van der Waals surface area contributed by atoms with Gasteiger partial charge in [0.05, 0.1) is 18.2 Å². The summed E-state index contributed by atoms with van der Waals surface area (Å²) < 4.78 is 7.16. The second-order valence-corrected chi connectivity index (χ2v) is 6.09. The lowest BCUT2D eigenvalue weighted by atomic mass is 10.0. The number of nitrogens with zero attached hydrogens (tertiary/aromatic N) is 4. The fourth-order valence-corrected chi connectivity index (χ4v) is 3.23. The lowest BCUT2D eigenvalue weighted by molar-refractivity contribution is 0.0820. The van der Waals surface area contributed by atoms with Crippen LogP contribution in [0, 0.1) is 0 Å². The number of aryl methyl sites for hydroxylation is 1. The van der Waals surface area contributed by atoms with Gasteiger partial charge in [0.1, 0.15) is 11.9 Å². The average molecular weight is 304 g/mol. The van der Waals surface area contributed by atoms with Crippen molar-refractivity contribution in [1.82, 2.24) is 19.9 Å². The Morgan fingerprint density at radius 1 is 1.41 bits per heavy atom. The highest BCUT2D eigenvalue weighted by molar-refractivity contribution is 5.03. The molecule has 1 saturated heterocycles. The van der Waals surface area contributed by atoms with Crippen molar-refractivity contribution in [3.63, 3.8) is 0 Å². The van der Waals surface area contributed by atoms with Crippen molar-refractivity contribution in [3.05, 3.63) is 36.0 Å². The van der Waals surface area contributed by atoms with E-state index in [2.05, 4.69) is 15.2 Å². The molecule has 6 nitrogen and oxygen atoms in total. The van der Waals surface area contributed by atoms with Gasteiger partial charge in [0.25, 0.3) is 0 Å². The molecule has 3 rings (SSSR count). The number of furan rings is 1. The molecule has 1 aliphatic rings. The van der Waals surface area contributed by atoms with Crippen LogP contribution >= 0.6 is 0 Å². The van der Waals surface area contributed by atoms with Gasteiger partial charge >= 0.3 is 0 Å². The van der Waals surface area contributed by atoms with E-state index < -0.39 is 6.10 Å². The third-order valence-corrected chi connectivity index (χ3v) is 4.54. The lowest BCUT2D eigenvalue weighted by Crippen LogP contribution is -2.36. The molecule has 0 bridgehead atoms. The molecule has 1 N–H and O–H groups in total. The van der Waals surface area contributed by atoms with E-state index in [0.717, 1.165) is 25.2 Å². The van der Waals surface area contributed by atoms with Crippen molar-refractivity contribution in [2.24, 2.45) is 7.05 Å². The number of likely N-dealkylation sites (tertiary alicyclic amines) is 1. The van der Waals surface area contributed by atoms with Gasteiger partial charge in [-0.2, -0.15) is 0 Å². The SMILES string of the molecule is Cn1nncc1CN1CCCCCC1CC(O)c1ccco1. The number of rotatable bonds is 5. The Labute approximate surface area is 130 Å². The topological polar surface area (TPSA) is 67.3 Å². The quantitative estimate of drug-likeness (QED) is 0.918. The Bertz CT molecular complexity index is 566. The van der Waals surface area contributed by atoms with Crippen molar-refractivity contribution >= 4 is 0 Å². The highest BCUT2D eigenvalue weighted by atomic mass is 16.4. The molecular formula is C16H24N4O2. The van der Waals surface area contributed by atoms with Crippen LogP contribution in [0.3, 0.4) is 0 Å². The molecule has 3 heterocycles. The van der Waals surface area contributed by atoms with Crippen molar-refractivity contribution < 1.29 is 9.52 Å². The van der Waals surface area contributed by atoms with Crippen LogP contribution in [0.1, 0.15) is 49.7 Å². The summed E-state index contributed by atoms with van der Waals surface area (Å²) in [5.41, 5.74) is 1.11. The summed E-state index contributed by atoms with van der Waals surface area (Å²) in [6.07, 6.45) is 8.41. The molecule has 6 heteroatoms. The predicted molar refractivity (Wildman–Crippen MR) is 82.0 cm³/mol. The van der Waals surface area contributed by atoms with E-state index in [4.69, 9.17) is 4.42 Å². The molecule has 0 aliphatic carbocycles. The number of hydrogen-bond acceptors (Lipinski definition) is 5. The predicted octanol–water partition coefficient (Wildman–Crippen LogP) is 2.28. The molecule has 120 valence electrons. The van der Waals surface area contributed by atoms with Gasteiger partial charge < -0.3 is 9.52 Å². The molecular weight excluding hydrogens is 280 g/mol. The van der Waals surface area contributed by atoms with Gasteiger partial charge in [-0.3, -0.25) is 9.58 Å². The average Bonchev–Trinajstić information content (AvgIpc) is 3.12. The maximum absolute atomic E-state index is 10.4. The van der Waals surface area contributed by atoms with Crippen molar-refractivity contribution in [1.29, 1.82) is 0 Å². The Morgan fingerprint density at radius 2 is 2.32 bits per heavy atom. The van der Waals surface area contributed by atoms with Gasteiger partial charge in [-0.25, -0.2) is 0 Å². The molecule has 1 fully saturated rings. The zero-order chi connectivity index (χ0) is 15.4. The van der Waals surface area contributed by atoms with Crippen LogP contribution in [-0.4, -0.2) is 37.6 Å². The summed E-state index contributed by atoms with van der Waals surface area (Å²) in [5, 5.41) is 18.4. The standard InChI is InChI=1S/C16H24N4O2/c1-19-14(11-17-18-19)12-20-8-4-2-3-6-13(20)10-15(21)16-7-5-9-22-16/h5,7,9,11,13,15,21H,2-4,6,8,10,12H2,1H3. The van der Waals surface area contributed by atoms with E-state index >= 15 is 0 Å². The van der Waals surface area contributed by atoms with Gasteiger partial charge in [0.2, 0.25) is 0 Å². The largest absolute Gasteiger partial charge is 0.467 e. The highest BCUT2D eigenvalue weighted by Crippen LogP contribution is 2.27. The van der Waals surface area contributed by atoms with E-state index in [1.807, 2.05) is 30.1 Å². The Balaban J connectivity index is 1.69. The Kier molecular flexibility index (Phi) is 4.90. The molecule has 0 saturated carbocycles. The number of aliphatic hydroxyl groups excluding tert-OH is 1. The van der Waals surface area contributed by atoms with Gasteiger partial charge in [-0.05, 0) is 37.9 Å². The molecule has 2 aromatic rings. The first-order valence-corrected chi connectivity index (χ1v) is 8.03. The molecule has 2 unspecified atom stereocenters. The first-order chi connectivity index (χ1) is 10.7. The number of aromatic nitrogens is 3. The molecule has 0 radical (unpaired) electrons. The lowest BCUT2D eigenvalue weighted by Gasteiger charge is -2.30. The molecule has 2 atom stereocenters. The van der Waals surface area contributed by atoms with Crippen LogP contribution in [0.4, 0.5) is 0 Å². The minimum absolute atomic E-state index is 0.359. The Hall–Kier alpha value is -1.66. The smallest absolute Gasteiger partial charge is 0.132 e. The first-order valence-electron chi connectivity index (χ1n) is 8.03. The number of hydrogen-bond donors (Lipinski definition) is 1. The monoisotopic (exact) mass is 304 g/mol. The summed E-state index contributed by atoms with van der Waals surface area (Å²) in [7, 11) is 1.92. The number of aliphatic hydroxyl groups is 1. The van der Waals surface area contributed by atoms with E-state index in [0.29, 0.717) is 18.2 Å². The summed E-state index contributed by atoms with van der Waals surface area (Å²) >= 11 is 0. The Morgan fingerprint density at radius 3 is 3.05 bits per heavy atom. The van der Waals surface area contributed by atoms with Crippen LogP contribution in [0.25, 0.3) is 0 Å². The maximum Gasteiger partial charge on any atom is 0.132 e. The van der Waals surface area contributed by atoms with Crippen molar-refractivity contribution in [2.75, 3.05) is 6.54 Å². The maximum atomic E-state index is 10.4. The van der Waals surface area contributed by atoms with Crippen LogP contribution < -0.4 is 0 Å². The summed E-state index contributed by atoms with van der Waals surface area (Å²) in [6.45, 7) is 1.89. The third-order valence-electron chi connectivity index (χ3n) is 4.54. The molecule has 0 spiro atoms. The van der Waals surface area contributed by atoms with E-state index in [1.54, 1.807) is 6.26 Å². The van der Waals surface area contributed by atoms with E-state index in [9.17, 15) is 5.11 Å². The third kappa shape index (κ3) is 3.56.